The number of nitrogens with one attached hydrogen (secondary N) is 2. The number of amidine groups is 1. The molecule has 10 nitrogen and oxygen atoms in total. The van der Waals surface area contributed by atoms with Crippen LogP contribution < -0.4 is 15.4 Å². The monoisotopic (exact) mass is 427 g/mol. The Morgan fingerprint density at radius 2 is 2.10 bits per heavy atom. The Hall–Kier alpha value is -3.73. The number of carbonyl (C=O) groups excluding carboxylic acids is 2. The second kappa shape index (κ2) is 9.65. The smallest absolute Gasteiger partial charge is 0.271 e. The summed E-state index contributed by atoms with van der Waals surface area (Å²) in [5.74, 6) is -0.0676. The lowest BCUT2D eigenvalue weighted by Gasteiger charge is -2.07. The Balaban J connectivity index is 1.55. The molecule has 11 heteroatoms. The molecule has 2 aromatic carbocycles. The number of benzene rings is 2. The molecule has 1 atom stereocenters. The molecule has 1 fully saturated rings. The van der Waals surface area contributed by atoms with Gasteiger partial charge in [-0.2, -0.15) is 5.10 Å². The maximum atomic E-state index is 12.2. The van der Waals surface area contributed by atoms with E-state index >= 15 is 0 Å². The van der Waals surface area contributed by atoms with Gasteiger partial charge < -0.3 is 15.4 Å². The first-order valence-electron chi connectivity index (χ1n) is 8.71. The summed E-state index contributed by atoms with van der Waals surface area (Å²) in [5.41, 5.74) is 0.961. The fourth-order valence-corrected chi connectivity index (χ4v) is 3.43. The molecular weight excluding hydrogens is 410 g/mol. The lowest BCUT2D eigenvalue weighted by molar-refractivity contribution is -0.384. The molecular formula is C19H17N5O5S. The molecule has 1 aliphatic heterocycles. The van der Waals surface area contributed by atoms with Crippen molar-refractivity contribution in [1.82, 2.24) is 5.32 Å². The number of rotatable bonds is 7. The second-order valence-electron chi connectivity index (χ2n) is 6.08. The Bertz CT molecular complexity index is 1020. The van der Waals surface area contributed by atoms with Gasteiger partial charge in [-0.15, -0.1) is 5.10 Å². The second-order valence-corrected chi connectivity index (χ2v) is 7.27. The number of nitrogens with zero attached hydrogens (tertiary/aromatic N) is 3. The van der Waals surface area contributed by atoms with Crippen LogP contribution in [0.25, 0.3) is 0 Å². The van der Waals surface area contributed by atoms with Crippen molar-refractivity contribution in [2.45, 2.75) is 11.7 Å². The van der Waals surface area contributed by atoms with E-state index in [-0.39, 0.29) is 28.9 Å². The third kappa shape index (κ3) is 5.64. The summed E-state index contributed by atoms with van der Waals surface area (Å²) in [7, 11) is 1.58. The number of nitro groups is 1. The molecule has 0 aliphatic carbocycles. The van der Waals surface area contributed by atoms with Crippen molar-refractivity contribution in [3.63, 3.8) is 0 Å². The van der Waals surface area contributed by atoms with Gasteiger partial charge >= 0.3 is 0 Å². The van der Waals surface area contributed by atoms with E-state index in [0.29, 0.717) is 0 Å². The van der Waals surface area contributed by atoms with Crippen LogP contribution in [0.15, 0.2) is 58.7 Å². The van der Waals surface area contributed by atoms with Crippen LogP contribution in [0.2, 0.25) is 0 Å². The van der Waals surface area contributed by atoms with Gasteiger partial charge in [0.1, 0.15) is 11.0 Å². The van der Waals surface area contributed by atoms with Gasteiger partial charge in [-0.05, 0) is 35.9 Å². The summed E-state index contributed by atoms with van der Waals surface area (Å²) in [6.07, 6.45) is 1.42. The average Bonchev–Trinajstić information content (AvgIpc) is 3.07. The molecule has 1 aliphatic rings. The summed E-state index contributed by atoms with van der Waals surface area (Å²) in [6.45, 7) is 0. The van der Waals surface area contributed by atoms with E-state index in [2.05, 4.69) is 20.8 Å². The normalized spacial score (nSPS) is 17.2. The Kier molecular flexibility index (Phi) is 6.75. The van der Waals surface area contributed by atoms with E-state index in [1.54, 1.807) is 19.2 Å². The van der Waals surface area contributed by atoms with Gasteiger partial charge in [-0.3, -0.25) is 19.7 Å². The molecule has 2 N–H and O–H groups in total. The first-order valence-corrected chi connectivity index (χ1v) is 9.59. The van der Waals surface area contributed by atoms with E-state index in [0.717, 1.165) is 23.1 Å². The van der Waals surface area contributed by atoms with E-state index in [1.807, 2.05) is 12.1 Å². The van der Waals surface area contributed by atoms with Gasteiger partial charge in [-0.1, -0.05) is 17.8 Å². The maximum Gasteiger partial charge on any atom is 0.271 e. The van der Waals surface area contributed by atoms with E-state index in [1.165, 1.54) is 30.5 Å². The molecule has 1 heterocycles. The van der Waals surface area contributed by atoms with Crippen molar-refractivity contribution < 1.29 is 19.2 Å². The van der Waals surface area contributed by atoms with Crippen LogP contribution in [0.1, 0.15) is 12.0 Å². The standard InChI is InChI=1S/C19H17N5O5S/c1-29-15-7-5-12(6-8-15)11-20-23-19-22-18(26)16(30-19)10-17(25)21-13-3-2-4-14(9-13)24(27)28/h2-9,11,16H,10H2,1H3,(H,21,25)(H,22,23,26)/b20-11+. The third-order valence-electron chi connectivity index (χ3n) is 3.96. The number of ether oxygens (including phenoxy) is 1. The lowest BCUT2D eigenvalue weighted by Crippen LogP contribution is -2.28. The van der Waals surface area contributed by atoms with Crippen molar-refractivity contribution in [1.29, 1.82) is 0 Å². The predicted molar refractivity (Wildman–Crippen MR) is 114 cm³/mol. The van der Waals surface area contributed by atoms with E-state index in [9.17, 15) is 19.7 Å². The van der Waals surface area contributed by atoms with Crippen molar-refractivity contribution >= 4 is 46.3 Å². The van der Waals surface area contributed by atoms with Crippen molar-refractivity contribution in [2.75, 3.05) is 12.4 Å². The highest BCUT2D eigenvalue weighted by Crippen LogP contribution is 2.24. The first-order chi connectivity index (χ1) is 14.4. The molecule has 30 heavy (non-hydrogen) atoms. The highest BCUT2D eigenvalue weighted by molar-refractivity contribution is 8.15. The number of nitro benzene ring substituents is 1. The number of amides is 2. The largest absolute Gasteiger partial charge is 0.497 e. The fraction of sp³-hybridized carbons (Fsp3) is 0.158. The third-order valence-corrected chi connectivity index (χ3v) is 5.03. The van der Waals surface area contributed by atoms with Gasteiger partial charge in [0.15, 0.2) is 5.17 Å². The minimum atomic E-state index is -0.668. The van der Waals surface area contributed by atoms with E-state index < -0.39 is 16.1 Å². The SMILES string of the molecule is COc1ccc(/C=N/N=C2\NC(=O)C(CC(=O)Nc3cccc([N+](=O)[O-])c3)S2)cc1. The van der Waals surface area contributed by atoms with Crippen molar-refractivity contribution in [2.24, 2.45) is 10.2 Å². The van der Waals surface area contributed by atoms with Crippen LogP contribution in [0, 0.1) is 10.1 Å². The summed E-state index contributed by atoms with van der Waals surface area (Å²) in [4.78, 5) is 34.5. The molecule has 2 aromatic rings. The number of carbonyl (C=O) groups is 2. The van der Waals surface area contributed by atoms with Crippen LogP contribution >= 0.6 is 11.8 Å². The Morgan fingerprint density at radius 1 is 1.33 bits per heavy atom. The molecule has 0 bridgehead atoms. The molecule has 0 radical (unpaired) electrons. The predicted octanol–water partition coefficient (Wildman–Crippen LogP) is 2.55. The molecule has 154 valence electrons. The number of hydrogen-bond acceptors (Lipinski definition) is 8. The number of methoxy groups -OCH3 is 1. The average molecular weight is 427 g/mol. The molecule has 0 saturated carbocycles. The van der Waals surface area contributed by atoms with Crippen molar-refractivity contribution in [3.8, 4) is 5.75 Å². The highest BCUT2D eigenvalue weighted by atomic mass is 32.2. The van der Waals surface area contributed by atoms with E-state index in [4.69, 9.17) is 4.74 Å². The minimum Gasteiger partial charge on any atom is -0.497 e. The molecule has 1 saturated heterocycles. The molecule has 0 aromatic heterocycles. The zero-order valence-corrected chi connectivity index (χ0v) is 16.6. The summed E-state index contributed by atoms with van der Waals surface area (Å²) >= 11 is 1.09. The number of anilines is 1. The van der Waals surface area contributed by atoms with Gasteiger partial charge in [0, 0.05) is 24.2 Å². The van der Waals surface area contributed by atoms with Crippen molar-refractivity contribution in [3.05, 3.63) is 64.2 Å². The minimum absolute atomic E-state index is 0.111. The highest BCUT2D eigenvalue weighted by Gasteiger charge is 2.32. The molecule has 1 unspecified atom stereocenters. The summed E-state index contributed by atoms with van der Waals surface area (Å²) in [5, 5.41) is 23.5. The van der Waals surface area contributed by atoms with Gasteiger partial charge in [0.25, 0.3) is 5.69 Å². The number of hydrogen-bond donors (Lipinski definition) is 2. The van der Waals surface area contributed by atoms with Crippen LogP contribution in [0.4, 0.5) is 11.4 Å². The van der Waals surface area contributed by atoms with Gasteiger partial charge in [-0.25, -0.2) is 0 Å². The molecule has 3 rings (SSSR count). The number of non-ortho nitro benzene ring substituents is 1. The van der Waals surface area contributed by atoms with Crippen LogP contribution in [-0.4, -0.2) is 40.5 Å². The Morgan fingerprint density at radius 3 is 2.80 bits per heavy atom. The van der Waals surface area contributed by atoms with Gasteiger partial charge in [0.05, 0.1) is 18.2 Å². The quantitative estimate of drug-likeness (QED) is 0.396. The topological polar surface area (TPSA) is 135 Å². The first kappa shape index (κ1) is 21.0. The molecule has 2 amide bonds. The lowest BCUT2D eigenvalue weighted by atomic mass is 10.2. The zero-order valence-electron chi connectivity index (χ0n) is 15.8. The van der Waals surface area contributed by atoms with Gasteiger partial charge in [0.2, 0.25) is 11.8 Å². The fourth-order valence-electron chi connectivity index (χ4n) is 2.50. The Labute approximate surface area is 175 Å². The maximum absolute atomic E-state index is 12.2. The van der Waals surface area contributed by atoms with Crippen LogP contribution in [0.5, 0.6) is 5.75 Å². The summed E-state index contributed by atoms with van der Waals surface area (Å²) < 4.78 is 5.08. The molecule has 0 spiro atoms. The van der Waals surface area contributed by atoms with Crippen LogP contribution in [0.3, 0.4) is 0 Å². The zero-order chi connectivity index (χ0) is 21.5. The van der Waals surface area contributed by atoms with Crippen LogP contribution in [-0.2, 0) is 9.59 Å². The summed E-state index contributed by atoms with van der Waals surface area (Å²) in [6, 6.07) is 12.8. The number of thioether (sulfide) groups is 1.